The number of fused-ring (bicyclic) bond motifs is 1. The largest absolute Gasteiger partial charge is 0.433 e. The zero-order chi connectivity index (χ0) is 18.7. The van der Waals surface area contributed by atoms with Crippen LogP contribution in [-0.2, 0) is 6.18 Å². The third-order valence-corrected chi connectivity index (χ3v) is 5.34. The van der Waals surface area contributed by atoms with E-state index in [1.54, 1.807) is 18.2 Å². The Bertz CT molecular complexity index is 788. The smallest absolute Gasteiger partial charge is 0.316 e. The van der Waals surface area contributed by atoms with Gasteiger partial charge in [-0.3, -0.25) is 4.79 Å². The number of nitrogens with one attached hydrogen (secondary N) is 1. The Morgan fingerprint density at radius 1 is 1.27 bits per heavy atom. The molecule has 0 radical (unpaired) electrons. The van der Waals surface area contributed by atoms with Crippen molar-refractivity contribution in [1.29, 1.82) is 0 Å². The zero-order valence-corrected chi connectivity index (χ0v) is 14.8. The molecule has 1 N–H and O–H groups in total. The molecular formula is C20H23F3N2O. The normalized spacial score (nSPS) is 21.1. The predicted octanol–water partition coefficient (Wildman–Crippen LogP) is 4.85. The number of piperidine rings is 1. The number of para-hydroxylation sites is 1. The second-order valence-electron chi connectivity index (χ2n) is 6.95. The summed E-state index contributed by atoms with van der Waals surface area (Å²) in [4.78, 5) is 16.4. The van der Waals surface area contributed by atoms with Crippen molar-refractivity contribution < 1.29 is 18.0 Å². The van der Waals surface area contributed by atoms with Crippen LogP contribution >= 0.6 is 0 Å². The lowest BCUT2D eigenvalue weighted by Gasteiger charge is -2.31. The molecule has 1 aromatic heterocycles. The highest BCUT2D eigenvalue weighted by Gasteiger charge is 2.34. The number of nitrogens with zero attached hydrogens (tertiary/aromatic N) is 1. The molecule has 0 bridgehead atoms. The first kappa shape index (κ1) is 18.8. The molecule has 3 rings (SSSR count). The lowest BCUT2D eigenvalue weighted by atomic mass is 9.81. The molecular weight excluding hydrogens is 341 g/mol. The number of rotatable bonds is 5. The molecule has 0 amide bonds. The van der Waals surface area contributed by atoms with Gasteiger partial charge in [-0.1, -0.05) is 31.5 Å². The highest BCUT2D eigenvalue weighted by Crippen LogP contribution is 2.32. The maximum Gasteiger partial charge on any atom is 0.433 e. The van der Waals surface area contributed by atoms with Gasteiger partial charge >= 0.3 is 6.18 Å². The van der Waals surface area contributed by atoms with Crippen LogP contribution in [0.15, 0.2) is 30.3 Å². The standard InChI is InChI=1S/C20H23F3N2O/c1-2-13-12-24-10-9-14(13)7-8-18(26)16-11-19(20(21,22)23)25-17-6-4-3-5-15(16)17/h3-6,11,13-14,24H,2,7-10,12H2,1H3/t13-,14-/m0/s1. The average Bonchev–Trinajstić information content (AvgIpc) is 2.64. The molecule has 2 atom stereocenters. The summed E-state index contributed by atoms with van der Waals surface area (Å²) >= 11 is 0. The average molecular weight is 364 g/mol. The van der Waals surface area contributed by atoms with Crippen LogP contribution < -0.4 is 5.32 Å². The number of carbonyl (C=O) groups is 1. The maximum absolute atomic E-state index is 13.2. The van der Waals surface area contributed by atoms with Gasteiger partial charge in [-0.05, 0) is 49.9 Å². The van der Waals surface area contributed by atoms with E-state index in [4.69, 9.17) is 0 Å². The number of hydrogen-bond donors (Lipinski definition) is 1. The van der Waals surface area contributed by atoms with Gasteiger partial charge in [-0.2, -0.15) is 13.2 Å². The van der Waals surface area contributed by atoms with E-state index in [1.807, 2.05) is 0 Å². The van der Waals surface area contributed by atoms with Gasteiger partial charge in [0.15, 0.2) is 5.78 Å². The van der Waals surface area contributed by atoms with Gasteiger partial charge in [-0.15, -0.1) is 0 Å². The number of Topliss-reactive ketones (excluding diaryl/α,β-unsaturated/α-hetero) is 1. The number of hydrogen-bond acceptors (Lipinski definition) is 3. The molecule has 2 aromatic rings. The molecule has 2 heterocycles. The number of benzene rings is 1. The van der Waals surface area contributed by atoms with Crippen molar-refractivity contribution >= 4 is 16.7 Å². The minimum Gasteiger partial charge on any atom is -0.316 e. The maximum atomic E-state index is 13.2. The molecule has 6 heteroatoms. The summed E-state index contributed by atoms with van der Waals surface area (Å²) in [5.74, 6) is 0.736. The number of halogens is 3. The van der Waals surface area contributed by atoms with E-state index in [-0.39, 0.29) is 23.3 Å². The first-order chi connectivity index (χ1) is 12.4. The number of pyridine rings is 1. The van der Waals surface area contributed by atoms with Crippen molar-refractivity contribution in [2.45, 2.75) is 38.8 Å². The monoisotopic (exact) mass is 364 g/mol. The van der Waals surface area contributed by atoms with Crippen LogP contribution in [0.25, 0.3) is 10.9 Å². The zero-order valence-electron chi connectivity index (χ0n) is 14.8. The summed E-state index contributed by atoms with van der Waals surface area (Å²) in [7, 11) is 0. The van der Waals surface area contributed by atoms with Crippen molar-refractivity contribution in [2.24, 2.45) is 11.8 Å². The molecule has 1 aliphatic rings. The van der Waals surface area contributed by atoms with Crippen molar-refractivity contribution in [3.8, 4) is 0 Å². The number of aromatic nitrogens is 1. The summed E-state index contributed by atoms with van der Waals surface area (Å²) in [6, 6.07) is 7.43. The van der Waals surface area contributed by atoms with E-state index in [2.05, 4.69) is 17.2 Å². The van der Waals surface area contributed by atoms with E-state index in [9.17, 15) is 18.0 Å². The van der Waals surface area contributed by atoms with E-state index in [1.165, 1.54) is 6.07 Å². The lowest BCUT2D eigenvalue weighted by molar-refractivity contribution is -0.140. The van der Waals surface area contributed by atoms with Crippen LogP contribution in [0.2, 0.25) is 0 Å². The molecule has 0 unspecified atom stereocenters. The van der Waals surface area contributed by atoms with Gasteiger partial charge in [0.05, 0.1) is 5.52 Å². The highest BCUT2D eigenvalue weighted by atomic mass is 19.4. The molecule has 0 aliphatic carbocycles. The summed E-state index contributed by atoms with van der Waals surface area (Å²) in [5, 5.41) is 3.85. The molecule has 3 nitrogen and oxygen atoms in total. The Labute approximate surface area is 151 Å². The molecule has 1 fully saturated rings. The van der Waals surface area contributed by atoms with E-state index in [0.29, 0.717) is 17.2 Å². The van der Waals surface area contributed by atoms with Crippen LogP contribution in [0, 0.1) is 11.8 Å². The van der Waals surface area contributed by atoms with E-state index < -0.39 is 11.9 Å². The van der Waals surface area contributed by atoms with Gasteiger partial charge in [0, 0.05) is 17.4 Å². The topological polar surface area (TPSA) is 42.0 Å². The third-order valence-electron chi connectivity index (χ3n) is 5.34. The quantitative estimate of drug-likeness (QED) is 0.771. The van der Waals surface area contributed by atoms with Crippen LogP contribution in [-0.4, -0.2) is 23.9 Å². The fourth-order valence-corrected chi connectivity index (χ4v) is 3.84. The molecule has 1 saturated heterocycles. The molecule has 0 spiro atoms. The van der Waals surface area contributed by atoms with Crippen LogP contribution in [0.3, 0.4) is 0 Å². The highest BCUT2D eigenvalue weighted by molar-refractivity contribution is 6.07. The Hall–Kier alpha value is -1.95. The summed E-state index contributed by atoms with van der Waals surface area (Å²) < 4.78 is 39.5. The van der Waals surface area contributed by atoms with Crippen molar-refractivity contribution in [3.05, 3.63) is 41.6 Å². The summed E-state index contributed by atoms with van der Waals surface area (Å²) in [5.41, 5.74) is -0.670. The SMILES string of the molecule is CC[C@H]1CNCC[C@@H]1CCC(=O)c1cc(C(F)(F)F)nc2ccccc12. The Morgan fingerprint density at radius 2 is 2.04 bits per heavy atom. The third kappa shape index (κ3) is 4.06. The molecule has 0 saturated carbocycles. The van der Waals surface area contributed by atoms with Crippen molar-refractivity contribution in [1.82, 2.24) is 10.3 Å². The summed E-state index contributed by atoms with van der Waals surface area (Å²) in [6.45, 7) is 4.02. The van der Waals surface area contributed by atoms with Gasteiger partial charge < -0.3 is 5.32 Å². The predicted molar refractivity (Wildman–Crippen MR) is 95.1 cm³/mol. The fourth-order valence-electron chi connectivity index (χ4n) is 3.84. The second kappa shape index (κ2) is 7.74. The van der Waals surface area contributed by atoms with Crippen LogP contribution in [0.4, 0.5) is 13.2 Å². The minimum absolute atomic E-state index is 0.130. The second-order valence-corrected chi connectivity index (χ2v) is 6.95. The van der Waals surface area contributed by atoms with Gasteiger partial charge in [0.2, 0.25) is 0 Å². The number of ketones is 1. The Morgan fingerprint density at radius 3 is 2.77 bits per heavy atom. The van der Waals surface area contributed by atoms with Gasteiger partial charge in [0.1, 0.15) is 5.69 Å². The Balaban J connectivity index is 1.85. The molecule has 26 heavy (non-hydrogen) atoms. The number of carbonyl (C=O) groups excluding carboxylic acids is 1. The molecule has 1 aliphatic heterocycles. The van der Waals surface area contributed by atoms with E-state index >= 15 is 0 Å². The first-order valence-electron chi connectivity index (χ1n) is 9.11. The fraction of sp³-hybridized carbons (Fsp3) is 0.500. The lowest BCUT2D eigenvalue weighted by Crippen LogP contribution is -2.36. The van der Waals surface area contributed by atoms with E-state index in [0.717, 1.165) is 38.4 Å². The molecule has 140 valence electrons. The van der Waals surface area contributed by atoms with Crippen molar-refractivity contribution in [2.75, 3.05) is 13.1 Å². The van der Waals surface area contributed by atoms with Crippen LogP contribution in [0.1, 0.15) is 48.7 Å². The molecule has 1 aromatic carbocycles. The van der Waals surface area contributed by atoms with Gasteiger partial charge in [-0.25, -0.2) is 4.98 Å². The van der Waals surface area contributed by atoms with Crippen LogP contribution in [0.5, 0.6) is 0 Å². The van der Waals surface area contributed by atoms with Crippen molar-refractivity contribution in [3.63, 3.8) is 0 Å². The Kier molecular flexibility index (Phi) is 5.61. The van der Waals surface area contributed by atoms with Gasteiger partial charge in [0.25, 0.3) is 0 Å². The first-order valence-corrected chi connectivity index (χ1v) is 9.11. The number of alkyl halides is 3. The summed E-state index contributed by atoms with van der Waals surface area (Å²) in [6.07, 6.45) is -1.52. The minimum atomic E-state index is -4.57.